The van der Waals surface area contributed by atoms with Crippen LogP contribution >= 0.6 is 0 Å². The first-order chi connectivity index (χ1) is 12.1. The van der Waals surface area contributed by atoms with E-state index in [0.29, 0.717) is 0 Å². The monoisotopic (exact) mass is 328 g/mol. The van der Waals surface area contributed by atoms with Crippen LogP contribution in [0.2, 0.25) is 0 Å². The van der Waals surface area contributed by atoms with Crippen LogP contribution < -0.4 is 0 Å². The van der Waals surface area contributed by atoms with E-state index in [1.807, 2.05) is 54.6 Å². The predicted octanol–water partition coefficient (Wildman–Crippen LogP) is 5.95. The number of rotatable bonds is 3. The molecular formula is C24H24O. The van der Waals surface area contributed by atoms with Gasteiger partial charge >= 0.3 is 0 Å². The van der Waals surface area contributed by atoms with Gasteiger partial charge in [-0.3, -0.25) is 4.79 Å². The molecule has 3 rings (SSSR count). The molecule has 0 saturated heterocycles. The van der Waals surface area contributed by atoms with Crippen molar-refractivity contribution in [1.82, 2.24) is 0 Å². The Morgan fingerprint density at radius 3 is 1.88 bits per heavy atom. The Hall–Kier alpha value is -2.67. The molecule has 2 aromatic rings. The van der Waals surface area contributed by atoms with Crippen molar-refractivity contribution in [3.63, 3.8) is 0 Å². The first-order valence-electron chi connectivity index (χ1n) is 8.86. The Bertz CT molecular complexity index is 836. The minimum atomic E-state index is 0.0791. The van der Waals surface area contributed by atoms with E-state index in [0.717, 1.165) is 22.3 Å². The summed E-state index contributed by atoms with van der Waals surface area (Å²) in [6.07, 6.45) is 6.33. The Morgan fingerprint density at radius 1 is 0.840 bits per heavy atom. The molecule has 0 radical (unpaired) electrons. The van der Waals surface area contributed by atoms with Gasteiger partial charge in [-0.15, -0.1) is 0 Å². The smallest absolute Gasteiger partial charge is 0.185 e. The number of carbonyl (C=O) groups excluding carboxylic acids is 1. The molecule has 25 heavy (non-hydrogen) atoms. The van der Waals surface area contributed by atoms with Crippen molar-refractivity contribution in [1.29, 1.82) is 0 Å². The lowest BCUT2D eigenvalue weighted by molar-refractivity contribution is -0.113. The summed E-state index contributed by atoms with van der Waals surface area (Å²) in [5.74, 6) is 0.463. The van der Waals surface area contributed by atoms with Gasteiger partial charge in [-0.2, -0.15) is 0 Å². The van der Waals surface area contributed by atoms with E-state index in [9.17, 15) is 4.79 Å². The average molecular weight is 328 g/mol. The molecule has 1 heteroatoms. The van der Waals surface area contributed by atoms with Crippen LogP contribution in [0.1, 0.15) is 31.9 Å². The van der Waals surface area contributed by atoms with E-state index in [4.69, 9.17) is 0 Å². The quantitative estimate of drug-likeness (QED) is 0.636. The van der Waals surface area contributed by atoms with E-state index in [-0.39, 0.29) is 17.6 Å². The third kappa shape index (κ3) is 3.88. The van der Waals surface area contributed by atoms with Crippen LogP contribution in [-0.2, 0) is 4.79 Å². The summed E-state index contributed by atoms with van der Waals surface area (Å²) in [5, 5.41) is 0. The van der Waals surface area contributed by atoms with Crippen molar-refractivity contribution < 1.29 is 4.79 Å². The third-order valence-corrected chi connectivity index (χ3v) is 4.69. The summed E-state index contributed by atoms with van der Waals surface area (Å²) in [7, 11) is 0. The predicted molar refractivity (Wildman–Crippen MR) is 106 cm³/mol. The number of Topliss-reactive ketones (excluding diaryl/α,β-unsaturated/α-hetero) is 1. The van der Waals surface area contributed by atoms with Gasteiger partial charge in [-0.05, 0) is 28.7 Å². The fourth-order valence-corrected chi connectivity index (χ4v) is 3.17. The standard InChI is InChI=1S/C24H24O/c1-17(2)22-16-21(14-19-10-6-4-7-11-19)18(3)23(24(22)25)15-20-12-8-5-9-13-20/h4-18H,1-3H3/b21-14-,23-15-/t18-/m0/s1. The molecule has 1 aliphatic carbocycles. The summed E-state index contributed by atoms with van der Waals surface area (Å²) in [5.41, 5.74) is 5.19. The molecular weight excluding hydrogens is 304 g/mol. The number of hydrogen-bond acceptors (Lipinski definition) is 1. The van der Waals surface area contributed by atoms with Gasteiger partial charge in [0, 0.05) is 17.1 Å². The Morgan fingerprint density at radius 2 is 1.36 bits per heavy atom. The maximum absolute atomic E-state index is 13.0. The molecule has 0 fully saturated rings. The van der Waals surface area contributed by atoms with E-state index < -0.39 is 0 Å². The highest BCUT2D eigenvalue weighted by molar-refractivity contribution is 6.13. The lowest BCUT2D eigenvalue weighted by Gasteiger charge is -2.26. The van der Waals surface area contributed by atoms with Crippen molar-refractivity contribution in [2.24, 2.45) is 11.8 Å². The first-order valence-corrected chi connectivity index (χ1v) is 8.86. The highest BCUT2D eigenvalue weighted by Gasteiger charge is 2.29. The molecule has 0 N–H and O–H groups in total. The molecule has 1 aliphatic rings. The van der Waals surface area contributed by atoms with Gasteiger partial charge in [0.25, 0.3) is 0 Å². The van der Waals surface area contributed by atoms with Crippen molar-refractivity contribution in [2.75, 3.05) is 0 Å². The molecule has 0 unspecified atom stereocenters. The molecule has 0 spiro atoms. The number of allylic oxidation sites excluding steroid dienone is 4. The van der Waals surface area contributed by atoms with Gasteiger partial charge in [-0.25, -0.2) is 0 Å². The number of ketones is 1. The highest BCUT2D eigenvalue weighted by Crippen LogP contribution is 2.35. The summed E-state index contributed by atoms with van der Waals surface area (Å²) in [6.45, 7) is 6.29. The van der Waals surface area contributed by atoms with Crippen molar-refractivity contribution in [3.8, 4) is 0 Å². The first kappa shape index (κ1) is 17.2. The second kappa shape index (κ2) is 7.48. The maximum Gasteiger partial charge on any atom is 0.185 e. The van der Waals surface area contributed by atoms with E-state index in [1.165, 1.54) is 5.57 Å². The molecule has 1 nitrogen and oxygen atoms in total. The SMILES string of the molecule is CC(C)C1=C/C(=C/c2ccccc2)[C@H](C)/C(=C/c2ccccc2)C1=O. The zero-order valence-corrected chi connectivity index (χ0v) is 15.1. The summed E-state index contributed by atoms with van der Waals surface area (Å²) in [4.78, 5) is 13.0. The van der Waals surface area contributed by atoms with Crippen LogP contribution in [0.4, 0.5) is 0 Å². The topological polar surface area (TPSA) is 17.1 Å². The molecule has 0 saturated carbocycles. The maximum atomic E-state index is 13.0. The zero-order chi connectivity index (χ0) is 17.8. The van der Waals surface area contributed by atoms with Crippen molar-refractivity contribution >= 4 is 17.9 Å². The fourth-order valence-electron chi connectivity index (χ4n) is 3.17. The highest BCUT2D eigenvalue weighted by atomic mass is 16.1. The van der Waals surface area contributed by atoms with Gasteiger partial charge in [0.05, 0.1) is 0 Å². The van der Waals surface area contributed by atoms with Gasteiger partial charge in [0.2, 0.25) is 0 Å². The van der Waals surface area contributed by atoms with Crippen LogP contribution in [0.3, 0.4) is 0 Å². The van der Waals surface area contributed by atoms with Gasteiger partial charge in [0.15, 0.2) is 5.78 Å². The zero-order valence-electron chi connectivity index (χ0n) is 15.1. The van der Waals surface area contributed by atoms with E-state index in [1.54, 1.807) is 0 Å². The molecule has 0 aromatic heterocycles. The van der Waals surface area contributed by atoms with Crippen LogP contribution in [0.25, 0.3) is 12.2 Å². The van der Waals surface area contributed by atoms with Crippen LogP contribution in [-0.4, -0.2) is 5.78 Å². The second-order valence-electron chi connectivity index (χ2n) is 6.87. The second-order valence-corrected chi connectivity index (χ2v) is 6.87. The molecule has 2 aromatic carbocycles. The van der Waals surface area contributed by atoms with Gasteiger partial charge in [-0.1, -0.05) is 93.6 Å². The molecule has 126 valence electrons. The Kier molecular flexibility index (Phi) is 5.14. The van der Waals surface area contributed by atoms with Gasteiger partial charge in [0.1, 0.15) is 0 Å². The summed E-state index contributed by atoms with van der Waals surface area (Å²) < 4.78 is 0. The number of benzene rings is 2. The minimum absolute atomic E-state index is 0.0791. The Labute approximate surface area is 150 Å². The fraction of sp³-hybridized carbons (Fsp3) is 0.208. The number of carbonyl (C=O) groups is 1. The van der Waals surface area contributed by atoms with E-state index >= 15 is 0 Å². The molecule has 0 bridgehead atoms. The largest absolute Gasteiger partial charge is 0.289 e. The summed E-state index contributed by atoms with van der Waals surface area (Å²) in [6, 6.07) is 20.4. The van der Waals surface area contributed by atoms with Crippen molar-refractivity contribution in [2.45, 2.75) is 20.8 Å². The van der Waals surface area contributed by atoms with Crippen LogP contribution in [0, 0.1) is 11.8 Å². The van der Waals surface area contributed by atoms with Gasteiger partial charge < -0.3 is 0 Å². The lowest BCUT2D eigenvalue weighted by Crippen LogP contribution is -2.22. The minimum Gasteiger partial charge on any atom is -0.289 e. The number of hydrogen-bond donors (Lipinski definition) is 0. The van der Waals surface area contributed by atoms with Crippen molar-refractivity contribution in [3.05, 3.63) is 94.6 Å². The average Bonchev–Trinajstić information content (AvgIpc) is 2.62. The molecule has 0 amide bonds. The third-order valence-electron chi connectivity index (χ3n) is 4.69. The van der Waals surface area contributed by atoms with Crippen LogP contribution in [0.15, 0.2) is 83.5 Å². The van der Waals surface area contributed by atoms with Crippen LogP contribution in [0.5, 0.6) is 0 Å². The molecule has 1 atom stereocenters. The van der Waals surface area contributed by atoms with E-state index in [2.05, 4.69) is 45.1 Å². The normalized spacial score (nSPS) is 21.0. The lowest BCUT2D eigenvalue weighted by atomic mass is 9.77. The summed E-state index contributed by atoms with van der Waals surface area (Å²) >= 11 is 0. The molecule has 0 heterocycles. The Balaban J connectivity index is 2.09. The molecule has 0 aliphatic heterocycles.